The Kier molecular flexibility index (Phi) is 5.57. The van der Waals surface area contributed by atoms with E-state index in [0.29, 0.717) is 36.3 Å². The standard InChI is InChI=1S/C18H19N3O3S/c1-24-9-8-21(17(22)11-13-5-4-10-25-13)12-16-19-15-7-3-2-6-14(15)18(23)20-16/h2-7,10H,8-9,11-12H2,1H3,(H,19,20,23). The smallest absolute Gasteiger partial charge is 0.258 e. The van der Waals surface area contributed by atoms with E-state index < -0.39 is 0 Å². The molecule has 0 aliphatic carbocycles. The summed E-state index contributed by atoms with van der Waals surface area (Å²) in [4.78, 5) is 34.7. The molecule has 1 N–H and O–H groups in total. The summed E-state index contributed by atoms with van der Waals surface area (Å²) in [5.74, 6) is 0.453. The molecule has 2 heterocycles. The molecule has 0 saturated carbocycles. The van der Waals surface area contributed by atoms with Gasteiger partial charge in [-0.25, -0.2) is 4.98 Å². The van der Waals surface area contributed by atoms with Crippen molar-refractivity contribution in [1.82, 2.24) is 14.9 Å². The first-order chi connectivity index (χ1) is 12.2. The summed E-state index contributed by atoms with van der Waals surface area (Å²) in [6.07, 6.45) is 0.333. The van der Waals surface area contributed by atoms with Crippen LogP contribution in [0.2, 0.25) is 0 Å². The zero-order chi connectivity index (χ0) is 17.6. The van der Waals surface area contributed by atoms with Crippen LogP contribution >= 0.6 is 11.3 Å². The molecule has 0 aliphatic heterocycles. The Morgan fingerprint density at radius 1 is 1.28 bits per heavy atom. The number of carbonyl (C=O) groups is 1. The summed E-state index contributed by atoms with van der Waals surface area (Å²) in [5.41, 5.74) is 0.427. The van der Waals surface area contributed by atoms with E-state index in [4.69, 9.17) is 4.74 Å². The van der Waals surface area contributed by atoms with Gasteiger partial charge < -0.3 is 14.6 Å². The number of fused-ring (bicyclic) bond motifs is 1. The minimum Gasteiger partial charge on any atom is -0.383 e. The van der Waals surface area contributed by atoms with Crippen LogP contribution in [0.25, 0.3) is 10.9 Å². The second-order valence-electron chi connectivity index (χ2n) is 5.59. The number of carbonyl (C=O) groups excluding carboxylic acids is 1. The predicted octanol–water partition coefficient (Wildman–Crippen LogP) is 2.20. The van der Waals surface area contributed by atoms with Crippen molar-refractivity contribution in [2.75, 3.05) is 20.3 Å². The molecule has 0 spiro atoms. The molecule has 3 aromatic rings. The van der Waals surface area contributed by atoms with Crippen molar-refractivity contribution < 1.29 is 9.53 Å². The molecular weight excluding hydrogens is 338 g/mol. The number of aromatic nitrogens is 2. The van der Waals surface area contributed by atoms with E-state index in [1.165, 1.54) is 0 Å². The van der Waals surface area contributed by atoms with Gasteiger partial charge in [0.05, 0.1) is 30.5 Å². The summed E-state index contributed by atoms with van der Waals surface area (Å²) in [6.45, 7) is 1.11. The maximum absolute atomic E-state index is 12.6. The van der Waals surface area contributed by atoms with Gasteiger partial charge in [0.15, 0.2) is 0 Å². The van der Waals surface area contributed by atoms with Gasteiger partial charge in [-0.15, -0.1) is 11.3 Å². The third-order valence-electron chi connectivity index (χ3n) is 3.83. The number of para-hydroxylation sites is 1. The fourth-order valence-electron chi connectivity index (χ4n) is 2.56. The molecule has 0 radical (unpaired) electrons. The van der Waals surface area contributed by atoms with Crippen LogP contribution in [0.4, 0.5) is 0 Å². The lowest BCUT2D eigenvalue weighted by atomic mass is 10.2. The van der Waals surface area contributed by atoms with Crippen LogP contribution in [0.1, 0.15) is 10.7 Å². The van der Waals surface area contributed by atoms with Gasteiger partial charge in [-0.2, -0.15) is 0 Å². The number of rotatable bonds is 7. The molecule has 0 fully saturated rings. The van der Waals surface area contributed by atoms with E-state index in [1.54, 1.807) is 41.5 Å². The first-order valence-corrected chi connectivity index (χ1v) is 8.82. The zero-order valence-corrected chi connectivity index (χ0v) is 14.7. The van der Waals surface area contributed by atoms with Crippen LogP contribution in [-0.4, -0.2) is 41.0 Å². The van der Waals surface area contributed by atoms with Crippen LogP contribution < -0.4 is 5.56 Å². The molecule has 6 nitrogen and oxygen atoms in total. The topological polar surface area (TPSA) is 75.3 Å². The minimum atomic E-state index is -0.196. The van der Waals surface area contributed by atoms with Crippen LogP contribution in [0, 0.1) is 0 Å². The van der Waals surface area contributed by atoms with E-state index >= 15 is 0 Å². The van der Waals surface area contributed by atoms with Gasteiger partial charge in [0.25, 0.3) is 5.56 Å². The summed E-state index contributed by atoms with van der Waals surface area (Å²) in [5, 5.41) is 2.49. The highest BCUT2D eigenvalue weighted by Crippen LogP contribution is 2.12. The Morgan fingerprint density at radius 3 is 2.88 bits per heavy atom. The Balaban J connectivity index is 1.82. The highest BCUT2D eigenvalue weighted by Gasteiger charge is 2.16. The number of amides is 1. The molecule has 0 unspecified atom stereocenters. The molecule has 0 saturated heterocycles. The van der Waals surface area contributed by atoms with Gasteiger partial charge >= 0.3 is 0 Å². The lowest BCUT2D eigenvalue weighted by Gasteiger charge is -2.21. The van der Waals surface area contributed by atoms with Gasteiger partial charge in [0.1, 0.15) is 5.82 Å². The van der Waals surface area contributed by atoms with Crippen molar-refractivity contribution in [2.24, 2.45) is 0 Å². The molecule has 3 rings (SSSR count). The first kappa shape index (κ1) is 17.3. The number of nitrogens with one attached hydrogen (secondary N) is 1. The number of benzene rings is 1. The Hall–Kier alpha value is -2.51. The van der Waals surface area contributed by atoms with Gasteiger partial charge in [-0.05, 0) is 23.6 Å². The third-order valence-corrected chi connectivity index (χ3v) is 4.70. The van der Waals surface area contributed by atoms with E-state index in [0.717, 1.165) is 4.88 Å². The van der Waals surface area contributed by atoms with Crippen molar-refractivity contribution >= 4 is 28.1 Å². The maximum Gasteiger partial charge on any atom is 0.258 e. The average Bonchev–Trinajstić information content (AvgIpc) is 3.11. The number of ether oxygens (including phenoxy) is 1. The fraction of sp³-hybridized carbons (Fsp3) is 0.278. The molecular formula is C18H19N3O3S. The SMILES string of the molecule is COCCN(Cc1nc2ccccc2c(=O)[nH]1)C(=O)Cc1cccs1. The van der Waals surface area contributed by atoms with Gasteiger partial charge in [-0.1, -0.05) is 18.2 Å². The van der Waals surface area contributed by atoms with Crippen LogP contribution in [0.5, 0.6) is 0 Å². The summed E-state index contributed by atoms with van der Waals surface area (Å²) >= 11 is 1.55. The number of nitrogens with zero attached hydrogens (tertiary/aromatic N) is 2. The van der Waals surface area contributed by atoms with Crippen molar-refractivity contribution in [3.63, 3.8) is 0 Å². The molecule has 0 aliphatic rings. The van der Waals surface area contributed by atoms with E-state index in [1.807, 2.05) is 23.6 Å². The number of hydrogen-bond acceptors (Lipinski definition) is 5. The lowest BCUT2D eigenvalue weighted by molar-refractivity contribution is -0.131. The van der Waals surface area contributed by atoms with Crippen LogP contribution in [0.3, 0.4) is 0 Å². The highest BCUT2D eigenvalue weighted by atomic mass is 32.1. The molecule has 25 heavy (non-hydrogen) atoms. The fourth-order valence-corrected chi connectivity index (χ4v) is 3.25. The molecule has 2 aromatic heterocycles. The summed E-state index contributed by atoms with van der Waals surface area (Å²) in [6, 6.07) is 11.0. The zero-order valence-electron chi connectivity index (χ0n) is 13.9. The van der Waals surface area contributed by atoms with Crippen molar-refractivity contribution in [3.05, 3.63) is 62.8 Å². The second kappa shape index (κ2) is 8.04. The number of H-pyrrole nitrogens is 1. The molecule has 0 atom stereocenters. The molecule has 0 bridgehead atoms. The monoisotopic (exact) mass is 357 g/mol. The first-order valence-electron chi connectivity index (χ1n) is 7.94. The van der Waals surface area contributed by atoms with Crippen LogP contribution in [-0.2, 0) is 22.5 Å². The highest BCUT2D eigenvalue weighted by molar-refractivity contribution is 7.10. The summed E-state index contributed by atoms with van der Waals surface area (Å²) in [7, 11) is 1.60. The second-order valence-corrected chi connectivity index (χ2v) is 6.63. The Bertz CT molecular complexity index is 905. The van der Waals surface area contributed by atoms with E-state index in [2.05, 4.69) is 9.97 Å². The average molecular weight is 357 g/mol. The minimum absolute atomic E-state index is 0.0182. The lowest BCUT2D eigenvalue weighted by Crippen LogP contribution is -2.35. The number of thiophene rings is 1. The Morgan fingerprint density at radius 2 is 2.12 bits per heavy atom. The van der Waals surface area contributed by atoms with Crippen molar-refractivity contribution in [3.8, 4) is 0 Å². The van der Waals surface area contributed by atoms with Gasteiger partial charge in [0.2, 0.25) is 5.91 Å². The number of aromatic amines is 1. The maximum atomic E-state index is 12.6. The number of hydrogen-bond donors (Lipinski definition) is 1. The van der Waals surface area contributed by atoms with E-state index in [9.17, 15) is 9.59 Å². The van der Waals surface area contributed by atoms with Crippen molar-refractivity contribution in [2.45, 2.75) is 13.0 Å². The predicted molar refractivity (Wildman–Crippen MR) is 97.7 cm³/mol. The van der Waals surface area contributed by atoms with Crippen molar-refractivity contribution in [1.29, 1.82) is 0 Å². The van der Waals surface area contributed by atoms with Crippen LogP contribution in [0.15, 0.2) is 46.6 Å². The normalized spacial score (nSPS) is 10.9. The largest absolute Gasteiger partial charge is 0.383 e. The van der Waals surface area contributed by atoms with Gasteiger partial charge in [-0.3, -0.25) is 9.59 Å². The van der Waals surface area contributed by atoms with E-state index in [-0.39, 0.29) is 18.0 Å². The summed E-state index contributed by atoms with van der Waals surface area (Å²) < 4.78 is 5.11. The molecule has 130 valence electrons. The molecule has 7 heteroatoms. The Labute approximate surface area is 149 Å². The molecule has 1 amide bonds. The quantitative estimate of drug-likeness (QED) is 0.703. The number of methoxy groups -OCH3 is 1. The van der Waals surface area contributed by atoms with Gasteiger partial charge in [0, 0.05) is 18.5 Å². The molecule has 1 aromatic carbocycles. The third kappa shape index (κ3) is 4.32.